The average molecular weight is 329 g/mol. The molecule has 0 bridgehead atoms. The zero-order valence-electron chi connectivity index (χ0n) is 14.1. The van der Waals surface area contributed by atoms with Gasteiger partial charge in [-0.15, -0.1) is 0 Å². The van der Waals surface area contributed by atoms with Crippen LogP contribution >= 0.6 is 0 Å². The monoisotopic (exact) mass is 329 g/mol. The van der Waals surface area contributed by atoms with Gasteiger partial charge in [-0.2, -0.15) is 0 Å². The van der Waals surface area contributed by atoms with Gasteiger partial charge in [0.2, 0.25) is 5.95 Å². The number of aromatic nitrogens is 4. The zero-order valence-corrected chi connectivity index (χ0v) is 14.1. The van der Waals surface area contributed by atoms with Crippen LogP contribution in [-0.4, -0.2) is 19.5 Å². The lowest BCUT2D eigenvalue weighted by Crippen LogP contribution is -2.02. The number of fused-ring (bicyclic) bond motifs is 1. The maximum absolute atomic E-state index is 5.94. The number of hydrogen-bond acceptors (Lipinski definition) is 4. The van der Waals surface area contributed by atoms with Gasteiger partial charge in [-0.1, -0.05) is 12.1 Å². The molecular weight excluding hydrogens is 310 g/mol. The molecule has 0 radical (unpaired) electrons. The zero-order chi connectivity index (χ0) is 17.2. The molecule has 5 nitrogen and oxygen atoms in total. The second kappa shape index (κ2) is 6.36. The normalized spacial score (nSPS) is 11.1. The Labute approximate surface area is 146 Å². The van der Waals surface area contributed by atoms with Crippen LogP contribution in [0.5, 0.6) is 0 Å². The number of hydrogen-bond donors (Lipinski definition) is 1. The van der Waals surface area contributed by atoms with Crippen molar-refractivity contribution >= 4 is 16.9 Å². The fourth-order valence-corrected chi connectivity index (χ4v) is 3.05. The van der Waals surface area contributed by atoms with E-state index in [9.17, 15) is 0 Å². The minimum atomic E-state index is 0.312. The van der Waals surface area contributed by atoms with Crippen molar-refractivity contribution in [2.75, 3.05) is 5.73 Å². The summed E-state index contributed by atoms with van der Waals surface area (Å²) in [4.78, 5) is 13.0. The third-order valence-electron chi connectivity index (χ3n) is 4.37. The van der Waals surface area contributed by atoms with E-state index in [0.717, 1.165) is 29.8 Å². The van der Waals surface area contributed by atoms with E-state index in [4.69, 9.17) is 5.73 Å². The van der Waals surface area contributed by atoms with Gasteiger partial charge in [-0.3, -0.25) is 4.98 Å². The van der Waals surface area contributed by atoms with Crippen molar-refractivity contribution < 1.29 is 0 Å². The summed E-state index contributed by atoms with van der Waals surface area (Å²) in [6.45, 7) is 0. The Hall–Kier alpha value is -3.21. The van der Waals surface area contributed by atoms with Gasteiger partial charge in [-0.25, -0.2) is 9.97 Å². The second-order valence-corrected chi connectivity index (χ2v) is 6.16. The predicted octanol–water partition coefficient (Wildman–Crippen LogP) is 3.40. The summed E-state index contributed by atoms with van der Waals surface area (Å²) < 4.78 is 2.10. The second-order valence-electron chi connectivity index (χ2n) is 6.16. The van der Waals surface area contributed by atoms with Crippen LogP contribution in [0.3, 0.4) is 0 Å². The molecule has 0 aliphatic carbocycles. The number of nitrogens with two attached hydrogens (primary N) is 1. The Morgan fingerprint density at radius 2 is 1.96 bits per heavy atom. The highest BCUT2D eigenvalue weighted by atomic mass is 15.0. The molecule has 0 saturated heterocycles. The number of nitrogen functional groups attached to an aromatic ring is 1. The first kappa shape index (κ1) is 15.3. The molecule has 1 aromatic carbocycles. The Kier molecular flexibility index (Phi) is 3.90. The van der Waals surface area contributed by atoms with Gasteiger partial charge < -0.3 is 10.3 Å². The van der Waals surface area contributed by atoms with E-state index < -0.39 is 0 Å². The van der Waals surface area contributed by atoms with E-state index in [-0.39, 0.29) is 0 Å². The lowest BCUT2D eigenvalue weighted by molar-refractivity contribution is 0.901. The first-order valence-electron chi connectivity index (χ1n) is 8.27. The van der Waals surface area contributed by atoms with Crippen LogP contribution < -0.4 is 5.73 Å². The first-order chi connectivity index (χ1) is 12.2. The van der Waals surface area contributed by atoms with Gasteiger partial charge in [0.05, 0.1) is 5.69 Å². The van der Waals surface area contributed by atoms with Crippen LogP contribution in [0.2, 0.25) is 0 Å². The average Bonchev–Trinajstić information content (AvgIpc) is 3.01. The summed E-state index contributed by atoms with van der Waals surface area (Å²) in [5, 5.41) is 1.19. The van der Waals surface area contributed by atoms with Crippen LogP contribution in [0, 0.1) is 0 Å². The van der Waals surface area contributed by atoms with E-state index in [1.165, 1.54) is 16.5 Å². The van der Waals surface area contributed by atoms with Gasteiger partial charge in [0.1, 0.15) is 0 Å². The molecule has 0 aliphatic heterocycles. The van der Waals surface area contributed by atoms with Crippen molar-refractivity contribution in [2.24, 2.45) is 7.05 Å². The van der Waals surface area contributed by atoms with E-state index >= 15 is 0 Å². The molecule has 0 saturated carbocycles. The van der Waals surface area contributed by atoms with Gasteiger partial charge in [0, 0.05) is 47.8 Å². The molecular formula is C20H19N5. The highest BCUT2D eigenvalue weighted by Gasteiger charge is 2.07. The summed E-state index contributed by atoms with van der Waals surface area (Å²) in [7, 11) is 2.04. The van der Waals surface area contributed by atoms with Crippen molar-refractivity contribution in [3.8, 4) is 11.3 Å². The largest absolute Gasteiger partial charge is 0.368 e. The number of nitrogens with zero attached hydrogens (tertiary/aromatic N) is 4. The van der Waals surface area contributed by atoms with Crippen LogP contribution in [0.25, 0.3) is 22.2 Å². The minimum absolute atomic E-state index is 0.312. The number of pyridine rings is 1. The van der Waals surface area contributed by atoms with Crippen LogP contribution in [0.1, 0.15) is 11.3 Å². The number of anilines is 1. The van der Waals surface area contributed by atoms with Crippen LogP contribution in [0.15, 0.2) is 61.1 Å². The van der Waals surface area contributed by atoms with Gasteiger partial charge in [-0.05, 0) is 48.7 Å². The third-order valence-corrected chi connectivity index (χ3v) is 4.37. The summed E-state index contributed by atoms with van der Waals surface area (Å²) in [5.41, 5.74) is 11.2. The molecule has 5 heteroatoms. The fraction of sp³-hybridized carbons (Fsp3) is 0.150. The number of aryl methyl sites for hydroxylation is 3. The Morgan fingerprint density at radius 3 is 2.80 bits per heavy atom. The minimum Gasteiger partial charge on any atom is -0.368 e. The van der Waals surface area contributed by atoms with Crippen molar-refractivity contribution in [1.82, 2.24) is 19.5 Å². The maximum atomic E-state index is 5.94. The van der Waals surface area contributed by atoms with Gasteiger partial charge >= 0.3 is 0 Å². The van der Waals surface area contributed by atoms with Crippen LogP contribution in [-0.2, 0) is 19.9 Å². The molecule has 4 rings (SSSR count). The molecule has 124 valence electrons. The molecule has 0 aliphatic rings. The summed E-state index contributed by atoms with van der Waals surface area (Å²) >= 11 is 0. The van der Waals surface area contributed by atoms with Crippen molar-refractivity contribution in [1.29, 1.82) is 0 Å². The molecule has 0 unspecified atom stereocenters. The number of benzene rings is 1. The molecule has 3 aromatic heterocycles. The van der Waals surface area contributed by atoms with Gasteiger partial charge in [0.15, 0.2) is 0 Å². The topological polar surface area (TPSA) is 69.6 Å². The summed E-state index contributed by atoms with van der Waals surface area (Å²) in [6.07, 6.45) is 7.40. The maximum Gasteiger partial charge on any atom is 0.220 e. The van der Waals surface area contributed by atoms with E-state index in [2.05, 4.69) is 56.0 Å². The van der Waals surface area contributed by atoms with Crippen LogP contribution in [0.4, 0.5) is 5.95 Å². The molecule has 4 aromatic rings. The lowest BCUT2D eigenvalue weighted by atomic mass is 10.1. The van der Waals surface area contributed by atoms with E-state index in [1.54, 1.807) is 6.20 Å². The third kappa shape index (κ3) is 3.21. The molecule has 3 heterocycles. The molecule has 25 heavy (non-hydrogen) atoms. The molecule has 0 spiro atoms. The number of rotatable bonds is 4. The summed E-state index contributed by atoms with van der Waals surface area (Å²) in [6, 6.07) is 14.5. The van der Waals surface area contributed by atoms with Crippen molar-refractivity contribution in [3.63, 3.8) is 0 Å². The fourth-order valence-electron chi connectivity index (χ4n) is 3.05. The molecule has 2 N–H and O–H groups in total. The van der Waals surface area contributed by atoms with Gasteiger partial charge in [0.25, 0.3) is 0 Å². The highest BCUT2D eigenvalue weighted by molar-refractivity contribution is 5.85. The summed E-state index contributed by atoms with van der Waals surface area (Å²) in [5.74, 6) is 0.312. The standard InChI is InChI=1S/C20H19N5/c1-25-10-8-16-11-15(5-7-19(16)25)18-12-17(23-20(21)24-18)6-4-14-3-2-9-22-13-14/h2-3,5,7-13H,4,6H2,1H3,(H2,21,23,24). The SMILES string of the molecule is Cn1ccc2cc(-c3cc(CCc4cccnc4)nc(N)n3)ccc21. The lowest BCUT2D eigenvalue weighted by Gasteiger charge is -2.07. The molecule has 0 atom stereocenters. The predicted molar refractivity (Wildman–Crippen MR) is 100 cm³/mol. The molecule has 0 amide bonds. The van der Waals surface area contributed by atoms with E-state index in [0.29, 0.717) is 5.95 Å². The molecule has 0 fully saturated rings. The first-order valence-corrected chi connectivity index (χ1v) is 8.27. The highest BCUT2D eigenvalue weighted by Crippen LogP contribution is 2.24. The Morgan fingerprint density at radius 1 is 1.04 bits per heavy atom. The Balaban J connectivity index is 1.64. The van der Waals surface area contributed by atoms with E-state index in [1.807, 2.05) is 25.4 Å². The quantitative estimate of drug-likeness (QED) is 0.623. The smallest absolute Gasteiger partial charge is 0.220 e. The van der Waals surface area contributed by atoms with Crippen molar-refractivity contribution in [2.45, 2.75) is 12.8 Å². The van der Waals surface area contributed by atoms with Crippen molar-refractivity contribution in [3.05, 3.63) is 72.3 Å². The Bertz CT molecular complexity index is 1020.